The lowest BCUT2D eigenvalue weighted by Gasteiger charge is -2.18. The van der Waals surface area contributed by atoms with Crippen LogP contribution in [-0.4, -0.2) is 27.0 Å². The van der Waals surface area contributed by atoms with Crippen molar-refractivity contribution < 1.29 is 4.74 Å². The summed E-state index contributed by atoms with van der Waals surface area (Å²) in [6, 6.07) is 30.2. The van der Waals surface area contributed by atoms with Gasteiger partial charge in [0, 0.05) is 34.8 Å². The minimum absolute atomic E-state index is 0.209. The third-order valence-electron chi connectivity index (χ3n) is 7.60. The Morgan fingerprint density at radius 2 is 1.64 bits per heavy atom. The number of rotatable bonds is 8. The van der Waals surface area contributed by atoms with Gasteiger partial charge in [-0.2, -0.15) is 9.78 Å². The van der Waals surface area contributed by atoms with Gasteiger partial charge < -0.3 is 9.30 Å². The van der Waals surface area contributed by atoms with E-state index in [2.05, 4.69) is 67.1 Å². The van der Waals surface area contributed by atoms with Crippen LogP contribution in [0.2, 0.25) is 0 Å². The van der Waals surface area contributed by atoms with Crippen LogP contribution in [0.1, 0.15) is 48.9 Å². The summed E-state index contributed by atoms with van der Waals surface area (Å²) in [5.74, 6) is 1.59. The number of para-hydroxylation sites is 2. The van der Waals surface area contributed by atoms with Gasteiger partial charge in [-0.1, -0.05) is 74.5 Å². The molecule has 210 valence electrons. The fourth-order valence-corrected chi connectivity index (χ4v) is 5.48. The average molecular weight is 555 g/mol. The normalized spacial score (nSPS) is 11.7. The van der Waals surface area contributed by atoms with Crippen LogP contribution in [0.15, 0.2) is 107 Å². The largest absolute Gasteiger partial charge is 0.494 e. The molecule has 0 amide bonds. The van der Waals surface area contributed by atoms with E-state index < -0.39 is 0 Å². The number of hydrogen-bond acceptors (Lipinski definition) is 4. The van der Waals surface area contributed by atoms with Gasteiger partial charge in [-0.15, -0.1) is 0 Å². The molecule has 6 nitrogen and oxygen atoms in total. The first-order chi connectivity index (χ1) is 20.4. The first kappa shape index (κ1) is 27.2. The van der Waals surface area contributed by atoms with E-state index >= 15 is 0 Å². The maximum Gasteiger partial charge on any atom is 0.282 e. The molecule has 0 radical (unpaired) electrons. The van der Waals surface area contributed by atoms with E-state index in [1.54, 1.807) is 12.3 Å². The van der Waals surface area contributed by atoms with Gasteiger partial charge in [0.2, 0.25) is 0 Å². The molecule has 0 saturated carbocycles. The standard InChI is InChI=1S/C36H34N4O2/c1-5-42-34-19-25(4)31(20-30(34)24(2)3)35-38-32-17-11-9-16-29(32)36(41)40(35)37-21-27-23-39(22-26-13-7-6-8-14-26)33-18-12-10-15-28(27)33/h6-21,23-24H,5,22H2,1-4H3. The molecule has 6 heteroatoms. The van der Waals surface area contributed by atoms with Crippen LogP contribution in [0.25, 0.3) is 33.2 Å². The number of nitrogens with zero attached hydrogens (tertiary/aromatic N) is 4. The number of aromatic nitrogens is 3. The molecule has 0 spiro atoms. The van der Waals surface area contributed by atoms with E-state index in [-0.39, 0.29) is 11.5 Å². The van der Waals surface area contributed by atoms with Gasteiger partial charge in [-0.3, -0.25) is 4.79 Å². The quantitative estimate of drug-likeness (QED) is 0.181. The molecule has 4 aromatic carbocycles. The van der Waals surface area contributed by atoms with E-state index in [0.717, 1.165) is 45.5 Å². The lowest BCUT2D eigenvalue weighted by atomic mass is 9.96. The Morgan fingerprint density at radius 1 is 0.929 bits per heavy atom. The molecule has 0 atom stereocenters. The lowest BCUT2D eigenvalue weighted by Crippen LogP contribution is -2.20. The van der Waals surface area contributed by atoms with Crippen molar-refractivity contribution >= 4 is 28.0 Å². The van der Waals surface area contributed by atoms with Crippen molar-refractivity contribution in [2.75, 3.05) is 6.61 Å². The molecule has 0 aliphatic carbocycles. The first-order valence-corrected chi connectivity index (χ1v) is 14.4. The highest BCUT2D eigenvalue weighted by Gasteiger charge is 2.19. The van der Waals surface area contributed by atoms with Crippen molar-refractivity contribution in [3.05, 3.63) is 130 Å². The third-order valence-corrected chi connectivity index (χ3v) is 7.60. The van der Waals surface area contributed by atoms with E-state index in [4.69, 9.17) is 14.8 Å². The maximum absolute atomic E-state index is 13.9. The highest BCUT2D eigenvalue weighted by atomic mass is 16.5. The van der Waals surface area contributed by atoms with Crippen LogP contribution < -0.4 is 10.3 Å². The Hall–Kier alpha value is -4.97. The van der Waals surface area contributed by atoms with Crippen molar-refractivity contribution in [1.29, 1.82) is 0 Å². The molecule has 0 unspecified atom stereocenters. The molecule has 42 heavy (non-hydrogen) atoms. The molecule has 0 N–H and O–H groups in total. The number of ether oxygens (including phenoxy) is 1. The molecule has 6 rings (SSSR count). The van der Waals surface area contributed by atoms with E-state index in [0.29, 0.717) is 23.3 Å². The summed E-state index contributed by atoms with van der Waals surface area (Å²) in [6.07, 6.45) is 3.87. The van der Waals surface area contributed by atoms with Gasteiger partial charge in [0.05, 0.1) is 23.7 Å². The highest BCUT2D eigenvalue weighted by Crippen LogP contribution is 2.34. The van der Waals surface area contributed by atoms with Crippen LogP contribution in [0.4, 0.5) is 0 Å². The molecule has 2 aromatic heterocycles. The Balaban J connectivity index is 1.52. The van der Waals surface area contributed by atoms with E-state index in [9.17, 15) is 4.79 Å². The molecule has 0 aliphatic heterocycles. The summed E-state index contributed by atoms with van der Waals surface area (Å²) in [5, 5.41) is 6.41. The lowest BCUT2D eigenvalue weighted by molar-refractivity contribution is 0.335. The smallest absolute Gasteiger partial charge is 0.282 e. The van der Waals surface area contributed by atoms with Gasteiger partial charge in [0.25, 0.3) is 5.56 Å². The maximum atomic E-state index is 13.9. The van der Waals surface area contributed by atoms with Crippen molar-refractivity contribution in [1.82, 2.24) is 14.2 Å². The molecule has 0 fully saturated rings. The summed E-state index contributed by atoms with van der Waals surface area (Å²) in [4.78, 5) is 18.9. The van der Waals surface area contributed by atoms with Crippen molar-refractivity contribution in [2.45, 2.75) is 40.2 Å². The number of aryl methyl sites for hydroxylation is 1. The fourth-order valence-electron chi connectivity index (χ4n) is 5.48. The number of fused-ring (bicyclic) bond motifs is 2. The van der Waals surface area contributed by atoms with Gasteiger partial charge in [0.1, 0.15) is 5.75 Å². The summed E-state index contributed by atoms with van der Waals surface area (Å²) < 4.78 is 9.63. The van der Waals surface area contributed by atoms with Crippen molar-refractivity contribution in [3.8, 4) is 17.1 Å². The first-order valence-electron chi connectivity index (χ1n) is 14.4. The second-order valence-electron chi connectivity index (χ2n) is 10.8. The number of benzene rings is 4. The Labute approximate surface area is 245 Å². The van der Waals surface area contributed by atoms with E-state index in [1.807, 2.05) is 56.3 Å². The molecule has 0 saturated heterocycles. The second kappa shape index (κ2) is 11.5. The molecule has 6 aromatic rings. The fraction of sp³-hybridized carbons (Fsp3) is 0.194. The van der Waals surface area contributed by atoms with Gasteiger partial charge in [-0.25, -0.2) is 4.98 Å². The second-order valence-corrected chi connectivity index (χ2v) is 10.8. The van der Waals surface area contributed by atoms with Crippen LogP contribution in [-0.2, 0) is 6.54 Å². The molecular weight excluding hydrogens is 520 g/mol. The van der Waals surface area contributed by atoms with Gasteiger partial charge in [0.15, 0.2) is 5.82 Å². The predicted octanol–water partition coefficient (Wildman–Crippen LogP) is 7.78. The molecule has 2 heterocycles. The monoisotopic (exact) mass is 554 g/mol. The minimum atomic E-state index is -0.209. The predicted molar refractivity (Wildman–Crippen MR) is 172 cm³/mol. The Morgan fingerprint density at radius 3 is 2.40 bits per heavy atom. The van der Waals surface area contributed by atoms with Crippen molar-refractivity contribution in [3.63, 3.8) is 0 Å². The molecular formula is C36H34N4O2. The molecule has 0 bridgehead atoms. The van der Waals surface area contributed by atoms with Gasteiger partial charge in [-0.05, 0) is 66.8 Å². The average Bonchev–Trinajstić information content (AvgIpc) is 3.34. The minimum Gasteiger partial charge on any atom is -0.494 e. The summed E-state index contributed by atoms with van der Waals surface area (Å²) >= 11 is 0. The summed E-state index contributed by atoms with van der Waals surface area (Å²) in [5.41, 5.74) is 6.57. The van der Waals surface area contributed by atoms with Crippen LogP contribution in [0.5, 0.6) is 5.75 Å². The van der Waals surface area contributed by atoms with Crippen LogP contribution >= 0.6 is 0 Å². The Kier molecular flexibility index (Phi) is 7.44. The summed E-state index contributed by atoms with van der Waals surface area (Å²) in [7, 11) is 0. The summed E-state index contributed by atoms with van der Waals surface area (Å²) in [6.45, 7) is 9.61. The SMILES string of the molecule is CCOc1cc(C)c(-c2nc3ccccc3c(=O)n2N=Cc2cn(Cc3ccccc3)c3ccccc23)cc1C(C)C. The zero-order valence-electron chi connectivity index (χ0n) is 24.4. The zero-order chi connectivity index (χ0) is 29.2. The van der Waals surface area contributed by atoms with Crippen LogP contribution in [0, 0.1) is 6.92 Å². The molecule has 0 aliphatic rings. The van der Waals surface area contributed by atoms with E-state index in [1.165, 1.54) is 10.2 Å². The van der Waals surface area contributed by atoms with Crippen molar-refractivity contribution in [2.24, 2.45) is 5.10 Å². The van der Waals surface area contributed by atoms with Gasteiger partial charge >= 0.3 is 0 Å². The zero-order valence-corrected chi connectivity index (χ0v) is 24.4. The topological polar surface area (TPSA) is 61.4 Å². The Bertz CT molecular complexity index is 1980. The highest BCUT2D eigenvalue weighted by molar-refractivity contribution is 5.99. The van der Waals surface area contributed by atoms with Crippen LogP contribution in [0.3, 0.4) is 0 Å². The number of hydrogen-bond donors (Lipinski definition) is 0. The third kappa shape index (κ3) is 5.12.